The number of rotatable bonds is 4. The Hall–Kier alpha value is -1.87. The van der Waals surface area contributed by atoms with Gasteiger partial charge in [-0.05, 0) is 36.2 Å². The Bertz CT molecular complexity index is 567. The normalized spacial score (nSPS) is 10.2. The van der Waals surface area contributed by atoms with Crippen molar-refractivity contribution in [3.63, 3.8) is 0 Å². The predicted molar refractivity (Wildman–Crippen MR) is 76.1 cm³/mol. The minimum atomic E-state index is -0.104. The second-order valence-electron chi connectivity index (χ2n) is 4.32. The summed E-state index contributed by atoms with van der Waals surface area (Å²) in [7, 11) is 0. The molecule has 3 nitrogen and oxygen atoms in total. The first-order chi connectivity index (χ1) is 9.19. The van der Waals surface area contributed by atoms with Crippen LogP contribution in [0, 0.1) is 6.92 Å². The van der Waals surface area contributed by atoms with Gasteiger partial charge in [-0.1, -0.05) is 18.2 Å². The Kier molecular flexibility index (Phi) is 4.53. The molecule has 0 atom stereocenters. The van der Waals surface area contributed by atoms with Gasteiger partial charge in [0.25, 0.3) is 5.91 Å². The highest BCUT2D eigenvalue weighted by atomic mass is 35.5. The predicted octanol–water partition coefficient (Wildman–Crippen LogP) is 3.06. The standard InChI is InChI=1S/C15H15ClN2O/c1-11-5-6-13(9-17-11)10-18-15(19)14-4-2-3-12(7-14)8-16/h2-7,9H,8,10H2,1H3,(H,18,19). The van der Waals surface area contributed by atoms with Crippen LogP contribution in [0.4, 0.5) is 0 Å². The maximum atomic E-state index is 12.0. The summed E-state index contributed by atoms with van der Waals surface area (Å²) in [5.74, 6) is 0.302. The Labute approximate surface area is 117 Å². The van der Waals surface area contributed by atoms with Crippen molar-refractivity contribution in [2.45, 2.75) is 19.3 Å². The fourth-order valence-corrected chi connectivity index (χ4v) is 1.85. The van der Waals surface area contributed by atoms with Gasteiger partial charge in [0, 0.05) is 29.9 Å². The van der Waals surface area contributed by atoms with Gasteiger partial charge in [-0.2, -0.15) is 0 Å². The second-order valence-corrected chi connectivity index (χ2v) is 4.59. The molecule has 1 heterocycles. The van der Waals surface area contributed by atoms with Gasteiger partial charge < -0.3 is 5.32 Å². The molecule has 0 saturated carbocycles. The van der Waals surface area contributed by atoms with Crippen LogP contribution >= 0.6 is 11.6 Å². The van der Waals surface area contributed by atoms with E-state index < -0.39 is 0 Å². The van der Waals surface area contributed by atoms with E-state index in [-0.39, 0.29) is 5.91 Å². The lowest BCUT2D eigenvalue weighted by molar-refractivity contribution is 0.0951. The van der Waals surface area contributed by atoms with Gasteiger partial charge in [0.15, 0.2) is 0 Å². The summed E-state index contributed by atoms with van der Waals surface area (Å²) >= 11 is 5.75. The smallest absolute Gasteiger partial charge is 0.251 e. The average Bonchev–Trinajstić information content (AvgIpc) is 2.46. The lowest BCUT2D eigenvalue weighted by Gasteiger charge is -2.06. The summed E-state index contributed by atoms with van der Waals surface area (Å²) in [5, 5.41) is 2.86. The fourth-order valence-electron chi connectivity index (χ4n) is 1.68. The molecule has 0 spiro atoms. The molecule has 98 valence electrons. The molecule has 19 heavy (non-hydrogen) atoms. The minimum Gasteiger partial charge on any atom is -0.348 e. The van der Waals surface area contributed by atoms with E-state index in [0.717, 1.165) is 16.8 Å². The molecule has 0 unspecified atom stereocenters. The highest BCUT2D eigenvalue weighted by Crippen LogP contribution is 2.08. The highest BCUT2D eigenvalue weighted by Gasteiger charge is 2.05. The summed E-state index contributed by atoms with van der Waals surface area (Å²) in [6.45, 7) is 2.40. The first-order valence-electron chi connectivity index (χ1n) is 6.03. The van der Waals surface area contributed by atoms with E-state index in [2.05, 4.69) is 10.3 Å². The number of benzene rings is 1. The third kappa shape index (κ3) is 3.80. The third-order valence-corrected chi connectivity index (χ3v) is 3.08. The minimum absolute atomic E-state index is 0.104. The van der Waals surface area contributed by atoms with Crippen molar-refractivity contribution in [2.24, 2.45) is 0 Å². The molecule has 1 aromatic heterocycles. The molecular formula is C15H15ClN2O. The zero-order valence-electron chi connectivity index (χ0n) is 10.7. The molecule has 1 aromatic carbocycles. The lowest BCUT2D eigenvalue weighted by atomic mass is 10.1. The monoisotopic (exact) mass is 274 g/mol. The van der Waals surface area contributed by atoms with E-state index in [1.807, 2.05) is 31.2 Å². The van der Waals surface area contributed by atoms with Crippen LogP contribution in [0.15, 0.2) is 42.6 Å². The van der Waals surface area contributed by atoms with Crippen LogP contribution in [0.3, 0.4) is 0 Å². The molecule has 0 aliphatic carbocycles. The molecule has 0 saturated heterocycles. The van der Waals surface area contributed by atoms with E-state index in [0.29, 0.717) is 18.0 Å². The maximum Gasteiger partial charge on any atom is 0.251 e. The van der Waals surface area contributed by atoms with Crippen molar-refractivity contribution in [1.29, 1.82) is 0 Å². The quantitative estimate of drug-likeness (QED) is 0.871. The van der Waals surface area contributed by atoms with Gasteiger partial charge in [0.2, 0.25) is 0 Å². The van der Waals surface area contributed by atoms with Crippen molar-refractivity contribution in [2.75, 3.05) is 0 Å². The number of aryl methyl sites for hydroxylation is 1. The number of hydrogen-bond acceptors (Lipinski definition) is 2. The Balaban J connectivity index is 1.99. The molecule has 0 aliphatic rings. The summed E-state index contributed by atoms with van der Waals surface area (Å²) in [5.41, 5.74) is 3.50. The summed E-state index contributed by atoms with van der Waals surface area (Å²) < 4.78 is 0. The van der Waals surface area contributed by atoms with Crippen LogP contribution in [0.1, 0.15) is 27.2 Å². The van der Waals surface area contributed by atoms with Gasteiger partial charge in [0.1, 0.15) is 0 Å². The van der Waals surface area contributed by atoms with Crippen LogP contribution < -0.4 is 5.32 Å². The van der Waals surface area contributed by atoms with Gasteiger partial charge in [-0.15, -0.1) is 11.6 Å². The number of pyridine rings is 1. The van der Waals surface area contributed by atoms with E-state index in [1.54, 1.807) is 18.3 Å². The Morgan fingerprint density at radius 2 is 2.11 bits per heavy atom. The van der Waals surface area contributed by atoms with Crippen molar-refractivity contribution >= 4 is 17.5 Å². The van der Waals surface area contributed by atoms with Gasteiger partial charge in [-0.25, -0.2) is 0 Å². The Morgan fingerprint density at radius 1 is 1.26 bits per heavy atom. The molecule has 2 aromatic rings. The van der Waals surface area contributed by atoms with Crippen molar-refractivity contribution in [1.82, 2.24) is 10.3 Å². The summed E-state index contributed by atoms with van der Waals surface area (Å²) in [4.78, 5) is 16.2. The van der Waals surface area contributed by atoms with Crippen LogP contribution in [0.25, 0.3) is 0 Å². The van der Waals surface area contributed by atoms with Gasteiger partial charge in [0.05, 0.1) is 0 Å². The van der Waals surface area contributed by atoms with Crippen molar-refractivity contribution in [3.05, 3.63) is 65.0 Å². The first kappa shape index (κ1) is 13.6. The van der Waals surface area contributed by atoms with Crippen molar-refractivity contribution in [3.8, 4) is 0 Å². The number of nitrogens with zero attached hydrogens (tertiary/aromatic N) is 1. The third-order valence-electron chi connectivity index (χ3n) is 2.77. The Morgan fingerprint density at radius 3 is 2.79 bits per heavy atom. The highest BCUT2D eigenvalue weighted by molar-refractivity contribution is 6.17. The van der Waals surface area contributed by atoms with E-state index in [4.69, 9.17) is 11.6 Å². The lowest BCUT2D eigenvalue weighted by Crippen LogP contribution is -2.22. The number of hydrogen-bond donors (Lipinski definition) is 1. The number of aromatic nitrogens is 1. The maximum absolute atomic E-state index is 12.0. The zero-order chi connectivity index (χ0) is 13.7. The molecule has 1 N–H and O–H groups in total. The van der Waals surface area contributed by atoms with Crippen molar-refractivity contribution < 1.29 is 4.79 Å². The van der Waals surface area contributed by atoms with E-state index in [9.17, 15) is 4.79 Å². The molecular weight excluding hydrogens is 260 g/mol. The van der Waals surface area contributed by atoms with Crippen LogP contribution in [-0.2, 0) is 12.4 Å². The van der Waals surface area contributed by atoms with Crippen LogP contribution in [-0.4, -0.2) is 10.9 Å². The zero-order valence-corrected chi connectivity index (χ0v) is 11.4. The molecule has 4 heteroatoms. The largest absolute Gasteiger partial charge is 0.348 e. The molecule has 0 aliphatic heterocycles. The number of nitrogens with one attached hydrogen (secondary N) is 1. The second kappa shape index (κ2) is 6.34. The molecule has 2 rings (SSSR count). The number of amides is 1. The van der Waals surface area contributed by atoms with E-state index in [1.165, 1.54) is 0 Å². The number of alkyl halides is 1. The van der Waals surface area contributed by atoms with Crippen LogP contribution in [0.2, 0.25) is 0 Å². The molecule has 0 fully saturated rings. The molecule has 0 bridgehead atoms. The number of carbonyl (C=O) groups is 1. The van der Waals surface area contributed by atoms with Gasteiger partial charge in [-0.3, -0.25) is 9.78 Å². The van der Waals surface area contributed by atoms with Crippen LogP contribution in [0.5, 0.6) is 0 Å². The van der Waals surface area contributed by atoms with Gasteiger partial charge >= 0.3 is 0 Å². The number of carbonyl (C=O) groups excluding carboxylic acids is 1. The molecule has 1 amide bonds. The topological polar surface area (TPSA) is 42.0 Å². The fraction of sp³-hybridized carbons (Fsp3) is 0.200. The summed E-state index contributed by atoms with van der Waals surface area (Å²) in [6, 6.07) is 11.2. The summed E-state index contributed by atoms with van der Waals surface area (Å²) in [6.07, 6.45) is 1.77. The van der Waals surface area contributed by atoms with E-state index >= 15 is 0 Å². The SMILES string of the molecule is Cc1ccc(CNC(=O)c2cccc(CCl)c2)cn1. The molecule has 0 radical (unpaired) electrons. The average molecular weight is 275 g/mol. The first-order valence-corrected chi connectivity index (χ1v) is 6.57. The number of halogens is 1.